The summed E-state index contributed by atoms with van der Waals surface area (Å²) in [5, 5.41) is 10.6. The van der Waals surface area contributed by atoms with Crippen molar-refractivity contribution in [1.29, 1.82) is 0 Å². The predicted molar refractivity (Wildman–Crippen MR) is 85.0 cm³/mol. The van der Waals surface area contributed by atoms with E-state index in [4.69, 9.17) is 0 Å². The van der Waals surface area contributed by atoms with Crippen LogP contribution >= 0.6 is 0 Å². The standard InChI is InChI=1S/C15H20N2O5S/c1-12(18)15-4-2-3-9-16(15)10-11-23(21,22)14-7-5-13(6-8-14)17(19)20/h5-8,15H,2-4,9-11H2,1H3/t15-/m1/s1. The number of nitrogens with zero attached hydrogens (tertiary/aromatic N) is 2. The Morgan fingerprint density at radius 1 is 1.30 bits per heavy atom. The average molecular weight is 340 g/mol. The molecule has 1 aromatic rings. The number of piperidine rings is 1. The van der Waals surface area contributed by atoms with Crippen molar-refractivity contribution in [3.05, 3.63) is 34.4 Å². The Bertz CT molecular complexity index is 684. The van der Waals surface area contributed by atoms with Crippen LogP contribution in [0.5, 0.6) is 0 Å². The van der Waals surface area contributed by atoms with Crippen LogP contribution in [-0.2, 0) is 14.6 Å². The SMILES string of the molecule is CC(=O)[C@H]1CCCCN1CCS(=O)(=O)c1ccc([N+](=O)[O-])cc1. The van der Waals surface area contributed by atoms with Gasteiger partial charge in [-0.2, -0.15) is 0 Å². The summed E-state index contributed by atoms with van der Waals surface area (Å²) >= 11 is 0. The highest BCUT2D eigenvalue weighted by atomic mass is 32.2. The maximum Gasteiger partial charge on any atom is 0.269 e. The minimum atomic E-state index is -3.53. The van der Waals surface area contributed by atoms with Crippen LogP contribution in [0.25, 0.3) is 0 Å². The smallest absolute Gasteiger partial charge is 0.269 e. The Labute approximate surface area is 135 Å². The van der Waals surface area contributed by atoms with Gasteiger partial charge < -0.3 is 0 Å². The number of ketones is 1. The number of nitro groups is 1. The topological polar surface area (TPSA) is 97.6 Å². The van der Waals surface area contributed by atoms with Crippen molar-refractivity contribution in [2.24, 2.45) is 0 Å². The van der Waals surface area contributed by atoms with E-state index in [0.717, 1.165) is 25.8 Å². The van der Waals surface area contributed by atoms with E-state index >= 15 is 0 Å². The summed E-state index contributed by atoms with van der Waals surface area (Å²) in [6.07, 6.45) is 2.71. The first-order valence-corrected chi connectivity index (χ1v) is 9.18. The molecule has 0 bridgehead atoms. The van der Waals surface area contributed by atoms with E-state index in [1.807, 2.05) is 4.90 Å². The molecule has 8 heteroatoms. The van der Waals surface area contributed by atoms with E-state index in [2.05, 4.69) is 0 Å². The number of hydrogen-bond acceptors (Lipinski definition) is 6. The molecule has 1 saturated heterocycles. The number of benzene rings is 1. The van der Waals surface area contributed by atoms with Gasteiger partial charge in [-0.3, -0.25) is 19.8 Å². The van der Waals surface area contributed by atoms with Gasteiger partial charge in [0.2, 0.25) is 0 Å². The van der Waals surface area contributed by atoms with Gasteiger partial charge >= 0.3 is 0 Å². The maximum atomic E-state index is 12.4. The summed E-state index contributed by atoms with van der Waals surface area (Å²) in [6.45, 7) is 2.55. The number of likely N-dealkylation sites (tertiary alicyclic amines) is 1. The highest BCUT2D eigenvalue weighted by Gasteiger charge is 2.27. The summed E-state index contributed by atoms with van der Waals surface area (Å²) in [7, 11) is -3.53. The maximum absolute atomic E-state index is 12.4. The summed E-state index contributed by atoms with van der Waals surface area (Å²) in [4.78, 5) is 23.7. The van der Waals surface area contributed by atoms with Crippen molar-refractivity contribution in [3.63, 3.8) is 0 Å². The first-order valence-electron chi connectivity index (χ1n) is 7.53. The van der Waals surface area contributed by atoms with Crippen LogP contribution in [0.4, 0.5) is 5.69 Å². The molecule has 2 rings (SSSR count). The van der Waals surface area contributed by atoms with Crippen molar-refractivity contribution in [2.45, 2.75) is 37.1 Å². The molecular weight excluding hydrogens is 320 g/mol. The minimum absolute atomic E-state index is 0.0671. The van der Waals surface area contributed by atoms with E-state index < -0.39 is 14.8 Å². The fourth-order valence-corrected chi connectivity index (χ4v) is 4.11. The van der Waals surface area contributed by atoms with Gasteiger partial charge in [-0.05, 0) is 38.4 Å². The molecule has 0 amide bonds. The molecule has 1 aliphatic heterocycles. The number of carbonyl (C=O) groups excluding carboxylic acids is 1. The molecule has 23 heavy (non-hydrogen) atoms. The molecule has 1 aliphatic rings. The van der Waals surface area contributed by atoms with E-state index in [-0.39, 0.29) is 28.2 Å². The molecule has 1 atom stereocenters. The third-order valence-corrected chi connectivity index (χ3v) is 5.85. The fourth-order valence-electron chi connectivity index (χ4n) is 2.85. The Morgan fingerprint density at radius 2 is 1.96 bits per heavy atom. The summed E-state index contributed by atoms with van der Waals surface area (Å²) in [5.74, 6) is -0.0355. The molecule has 0 saturated carbocycles. The van der Waals surface area contributed by atoms with Crippen molar-refractivity contribution >= 4 is 21.3 Å². The molecule has 126 valence electrons. The van der Waals surface area contributed by atoms with Crippen molar-refractivity contribution in [1.82, 2.24) is 4.90 Å². The van der Waals surface area contributed by atoms with Crippen LogP contribution in [-0.4, -0.2) is 48.9 Å². The fraction of sp³-hybridized carbons (Fsp3) is 0.533. The average Bonchev–Trinajstić information content (AvgIpc) is 2.53. The van der Waals surface area contributed by atoms with Gasteiger partial charge in [0, 0.05) is 18.7 Å². The number of carbonyl (C=O) groups is 1. The summed E-state index contributed by atoms with van der Waals surface area (Å²) < 4.78 is 24.7. The summed E-state index contributed by atoms with van der Waals surface area (Å²) in [5.41, 5.74) is -0.142. The first kappa shape index (κ1) is 17.6. The van der Waals surface area contributed by atoms with E-state index in [0.29, 0.717) is 6.54 Å². The van der Waals surface area contributed by atoms with Gasteiger partial charge in [0.05, 0.1) is 21.6 Å². The van der Waals surface area contributed by atoms with Gasteiger partial charge in [-0.25, -0.2) is 8.42 Å². The highest BCUT2D eigenvalue weighted by molar-refractivity contribution is 7.91. The Kier molecular flexibility index (Phi) is 5.48. The molecule has 1 fully saturated rings. The van der Waals surface area contributed by atoms with Crippen LogP contribution in [0.3, 0.4) is 0 Å². The lowest BCUT2D eigenvalue weighted by Crippen LogP contribution is -2.45. The van der Waals surface area contributed by atoms with E-state index in [9.17, 15) is 23.3 Å². The van der Waals surface area contributed by atoms with Gasteiger partial charge in [-0.15, -0.1) is 0 Å². The first-order chi connectivity index (χ1) is 10.8. The second kappa shape index (κ2) is 7.18. The van der Waals surface area contributed by atoms with E-state index in [1.54, 1.807) is 0 Å². The zero-order valence-corrected chi connectivity index (χ0v) is 13.8. The van der Waals surface area contributed by atoms with Crippen LogP contribution in [0.1, 0.15) is 26.2 Å². The van der Waals surface area contributed by atoms with Crippen LogP contribution in [0, 0.1) is 10.1 Å². The van der Waals surface area contributed by atoms with Crippen LogP contribution in [0.2, 0.25) is 0 Å². The van der Waals surface area contributed by atoms with Crippen LogP contribution in [0.15, 0.2) is 29.2 Å². The van der Waals surface area contributed by atoms with Gasteiger partial charge in [-0.1, -0.05) is 6.42 Å². The summed E-state index contributed by atoms with van der Waals surface area (Å²) in [6, 6.07) is 4.69. The second-order valence-electron chi connectivity index (χ2n) is 5.73. The van der Waals surface area contributed by atoms with Gasteiger partial charge in [0.15, 0.2) is 9.84 Å². The molecule has 1 aromatic carbocycles. The lowest BCUT2D eigenvalue weighted by Gasteiger charge is -2.33. The number of non-ortho nitro benzene ring substituents is 1. The van der Waals surface area contributed by atoms with Crippen molar-refractivity contribution in [2.75, 3.05) is 18.8 Å². The number of sulfone groups is 1. The highest BCUT2D eigenvalue weighted by Crippen LogP contribution is 2.20. The molecular formula is C15H20N2O5S. The molecule has 0 aromatic heterocycles. The number of hydrogen-bond donors (Lipinski definition) is 0. The van der Waals surface area contributed by atoms with Crippen molar-refractivity contribution < 1.29 is 18.1 Å². The van der Waals surface area contributed by atoms with Gasteiger partial charge in [0.1, 0.15) is 5.78 Å². The van der Waals surface area contributed by atoms with Gasteiger partial charge in [0.25, 0.3) is 5.69 Å². The third kappa shape index (κ3) is 4.35. The lowest BCUT2D eigenvalue weighted by molar-refractivity contribution is -0.384. The van der Waals surface area contributed by atoms with Crippen molar-refractivity contribution in [3.8, 4) is 0 Å². The molecule has 0 spiro atoms. The zero-order valence-electron chi connectivity index (χ0n) is 13.0. The normalized spacial score (nSPS) is 19.4. The zero-order chi connectivity index (χ0) is 17.0. The predicted octanol–water partition coefficient (Wildman–Crippen LogP) is 1.81. The lowest BCUT2D eigenvalue weighted by atomic mass is 9.99. The number of Topliss-reactive ketones (excluding diaryl/α,β-unsaturated/α-hetero) is 1. The molecule has 0 unspecified atom stereocenters. The second-order valence-corrected chi connectivity index (χ2v) is 7.84. The van der Waals surface area contributed by atoms with Crippen LogP contribution < -0.4 is 0 Å². The monoisotopic (exact) mass is 340 g/mol. The Morgan fingerprint density at radius 3 is 2.52 bits per heavy atom. The Balaban J connectivity index is 2.05. The Hall–Kier alpha value is -1.80. The molecule has 0 N–H and O–H groups in total. The minimum Gasteiger partial charge on any atom is -0.298 e. The third-order valence-electron chi connectivity index (χ3n) is 4.14. The quantitative estimate of drug-likeness (QED) is 0.579. The largest absolute Gasteiger partial charge is 0.298 e. The molecule has 1 heterocycles. The number of rotatable bonds is 6. The molecule has 0 radical (unpaired) electrons. The molecule has 0 aliphatic carbocycles. The van der Waals surface area contributed by atoms with E-state index in [1.165, 1.54) is 31.2 Å². The molecule has 7 nitrogen and oxygen atoms in total. The number of nitro benzene ring substituents is 1.